The van der Waals surface area contributed by atoms with Crippen LogP contribution >= 0.6 is 12.2 Å². The number of methoxy groups -OCH3 is 2. The first-order valence-electron chi connectivity index (χ1n) is 5.95. The number of aromatic nitrogens is 2. The van der Waals surface area contributed by atoms with E-state index in [1.807, 2.05) is 18.2 Å². The number of imidazole rings is 1. The zero-order chi connectivity index (χ0) is 13.1. The SMILES string of the molecule is COCCC(C)n1c(=S)[nH]c2c(OC)cccc21. The standard InChI is InChI=1S/C13H18N2O2S/c1-9(7-8-16-2)15-10-5-4-6-11(17-3)12(10)14-13(15)18/h4-6,9H,7-8H2,1-3H3,(H,14,18). The number of benzene rings is 1. The molecule has 4 nitrogen and oxygen atoms in total. The summed E-state index contributed by atoms with van der Waals surface area (Å²) in [5.41, 5.74) is 2.03. The number of aromatic amines is 1. The van der Waals surface area contributed by atoms with Crippen molar-refractivity contribution in [2.45, 2.75) is 19.4 Å². The maximum absolute atomic E-state index is 5.40. The molecule has 0 aliphatic rings. The van der Waals surface area contributed by atoms with Crippen LogP contribution in [0.5, 0.6) is 5.75 Å². The summed E-state index contributed by atoms with van der Waals surface area (Å²) in [4.78, 5) is 3.22. The van der Waals surface area contributed by atoms with Gasteiger partial charge in [0.25, 0.3) is 0 Å². The zero-order valence-electron chi connectivity index (χ0n) is 10.9. The molecule has 0 amide bonds. The second-order valence-electron chi connectivity index (χ2n) is 4.29. The van der Waals surface area contributed by atoms with E-state index in [0.717, 1.165) is 34.6 Å². The number of H-pyrrole nitrogens is 1. The lowest BCUT2D eigenvalue weighted by Gasteiger charge is -2.14. The van der Waals surface area contributed by atoms with E-state index >= 15 is 0 Å². The molecule has 1 aromatic carbocycles. The second-order valence-corrected chi connectivity index (χ2v) is 4.67. The molecule has 1 atom stereocenters. The minimum Gasteiger partial charge on any atom is -0.494 e. The van der Waals surface area contributed by atoms with Crippen molar-refractivity contribution < 1.29 is 9.47 Å². The summed E-state index contributed by atoms with van der Waals surface area (Å²) in [6.07, 6.45) is 0.926. The molecule has 98 valence electrons. The van der Waals surface area contributed by atoms with E-state index in [9.17, 15) is 0 Å². The van der Waals surface area contributed by atoms with Gasteiger partial charge in [-0.1, -0.05) is 6.07 Å². The molecule has 0 aliphatic heterocycles. The van der Waals surface area contributed by atoms with Gasteiger partial charge in [0.1, 0.15) is 11.3 Å². The number of nitrogens with zero attached hydrogens (tertiary/aromatic N) is 1. The summed E-state index contributed by atoms with van der Waals surface area (Å²) in [5, 5.41) is 0. The van der Waals surface area contributed by atoms with Crippen molar-refractivity contribution in [3.63, 3.8) is 0 Å². The zero-order valence-corrected chi connectivity index (χ0v) is 11.7. The van der Waals surface area contributed by atoms with E-state index in [-0.39, 0.29) is 0 Å². The van der Waals surface area contributed by atoms with Crippen LogP contribution in [0, 0.1) is 4.77 Å². The Bertz CT molecular complexity index is 588. The maximum Gasteiger partial charge on any atom is 0.178 e. The molecule has 0 saturated carbocycles. The Kier molecular flexibility index (Phi) is 4.04. The van der Waals surface area contributed by atoms with E-state index in [2.05, 4.69) is 16.5 Å². The molecule has 18 heavy (non-hydrogen) atoms. The van der Waals surface area contributed by atoms with E-state index in [1.165, 1.54) is 0 Å². The third kappa shape index (κ3) is 2.28. The van der Waals surface area contributed by atoms with Gasteiger partial charge in [-0.25, -0.2) is 0 Å². The van der Waals surface area contributed by atoms with Crippen LogP contribution in [0.2, 0.25) is 0 Å². The molecular weight excluding hydrogens is 248 g/mol. The lowest BCUT2D eigenvalue weighted by atomic mass is 10.2. The van der Waals surface area contributed by atoms with Crippen molar-refractivity contribution in [1.29, 1.82) is 0 Å². The van der Waals surface area contributed by atoms with Gasteiger partial charge in [-0.2, -0.15) is 0 Å². The number of hydrogen-bond acceptors (Lipinski definition) is 3. The Hall–Kier alpha value is -1.33. The van der Waals surface area contributed by atoms with Crippen molar-refractivity contribution in [1.82, 2.24) is 9.55 Å². The fourth-order valence-corrected chi connectivity index (χ4v) is 2.53. The van der Waals surface area contributed by atoms with Crippen molar-refractivity contribution in [2.75, 3.05) is 20.8 Å². The number of para-hydroxylation sites is 1. The van der Waals surface area contributed by atoms with Gasteiger partial charge in [-0.05, 0) is 37.7 Å². The third-order valence-electron chi connectivity index (χ3n) is 3.11. The Morgan fingerprint density at radius 3 is 2.83 bits per heavy atom. The first-order chi connectivity index (χ1) is 8.69. The summed E-state index contributed by atoms with van der Waals surface area (Å²) in [7, 11) is 3.38. The van der Waals surface area contributed by atoms with Crippen molar-refractivity contribution in [3.05, 3.63) is 23.0 Å². The smallest absolute Gasteiger partial charge is 0.178 e. The van der Waals surface area contributed by atoms with Crippen molar-refractivity contribution in [2.24, 2.45) is 0 Å². The van der Waals surface area contributed by atoms with Gasteiger partial charge < -0.3 is 19.0 Å². The average molecular weight is 266 g/mol. The maximum atomic E-state index is 5.40. The Morgan fingerprint density at radius 1 is 1.39 bits per heavy atom. The lowest BCUT2D eigenvalue weighted by molar-refractivity contribution is 0.181. The summed E-state index contributed by atoms with van der Waals surface area (Å²) in [5.74, 6) is 0.816. The van der Waals surface area contributed by atoms with Crippen LogP contribution in [0.4, 0.5) is 0 Å². The summed E-state index contributed by atoms with van der Waals surface area (Å²) >= 11 is 5.40. The van der Waals surface area contributed by atoms with E-state index in [0.29, 0.717) is 6.04 Å². The minimum atomic E-state index is 0.290. The first kappa shape index (κ1) is 13.1. The Labute approximate surface area is 112 Å². The van der Waals surface area contributed by atoms with Crippen molar-refractivity contribution in [3.8, 4) is 5.75 Å². The van der Waals surface area contributed by atoms with E-state index in [4.69, 9.17) is 21.7 Å². The Balaban J connectivity index is 2.51. The number of nitrogens with one attached hydrogen (secondary N) is 1. The van der Waals surface area contributed by atoms with Gasteiger partial charge in [0.15, 0.2) is 4.77 Å². The number of fused-ring (bicyclic) bond motifs is 1. The highest BCUT2D eigenvalue weighted by atomic mass is 32.1. The Morgan fingerprint density at radius 2 is 2.17 bits per heavy atom. The van der Waals surface area contributed by atoms with Crippen LogP contribution in [-0.4, -0.2) is 30.4 Å². The quantitative estimate of drug-likeness (QED) is 0.844. The predicted octanol–water partition coefficient (Wildman–Crippen LogP) is 3.30. The second kappa shape index (κ2) is 5.54. The van der Waals surface area contributed by atoms with Gasteiger partial charge in [0.2, 0.25) is 0 Å². The van der Waals surface area contributed by atoms with E-state index in [1.54, 1.807) is 14.2 Å². The topological polar surface area (TPSA) is 39.2 Å². The molecule has 2 rings (SSSR count). The molecule has 0 spiro atoms. The van der Waals surface area contributed by atoms with Gasteiger partial charge in [-0.3, -0.25) is 0 Å². The summed E-state index contributed by atoms with van der Waals surface area (Å²) in [6.45, 7) is 2.86. The molecule has 5 heteroatoms. The summed E-state index contributed by atoms with van der Waals surface area (Å²) < 4.78 is 13.3. The van der Waals surface area contributed by atoms with Crippen LogP contribution < -0.4 is 4.74 Å². The molecule has 0 aliphatic carbocycles. The molecule has 0 fully saturated rings. The van der Waals surface area contributed by atoms with Gasteiger partial charge in [-0.15, -0.1) is 0 Å². The molecule has 1 heterocycles. The largest absolute Gasteiger partial charge is 0.494 e. The molecule has 0 saturated heterocycles. The molecule has 2 aromatic rings. The lowest BCUT2D eigenvalue weighted by Crippen LogP contribution is -2.07. The van der Waals surface area contributed by atoms with Gasteiger partial charge in [0.05, 0.1) is 12.6 Å². The summed E-state index contributed by atoms with van der Waals surface area (Å²) in [6, 6.07) is 6.24. The molecule has 0 radical (unpaired) electrons. The van der Waals surface area contributed by atoms with Gasteiger partial charge >= 0.3 is 0 Å². The third-order valence-corrected chi connectivity index (χ3v) is 3.41. The highest BCUT2D eigenvalue weighted by molar-refractivity contribution is 7.71. The van der Waals surface area contributed by atoms with Gasteiger partial charge in [0, 0.05) is 19.8 Å². The van der Waals surface area contributed by atoms with Crippen LogP contribution in [0.3, 0.4) is 0 Å². The fourth-order valence-electron chi connectivity index (χ4n) is 2.15. The normalized spacial score (nSPS) is 12.8. The highest BCUT2D eigenvalue weighted by Gasteiger charge is 2.13. The van der Waals surface area contributed by atoms with Crippen LogP contribution in [0.15, 0.2) is 18.2 Å². The number of ether oxygens (including phenoxy) is 2. The van der Waals surface area contributed by atoms with E-state index < -0.39 is 0 Å². The van der Waals surface area contributed by atoms with Crippen LogP contribution in [0.1, 0.15) is 19.4 Å². The number of hydrogen-bond donors (Lipinski definition) is 1. The predicted molar refractivity (Wildman–Crippen MR) is 74.9 cm³/mol. The molecule has 0 bridgehead atoms. The minimum absolute atomic E-state index is 0.290. The van der Waals surface area contributed by atoms with Crippen LogP contribution in [-0.2, 0) is 4.74 Å². The molecular formula is C13H18N2O2S. The fraction of sp³-hybridized carbons (Fsp3) is 0.462. The first-order valence-corrected chi connectivity index (χ1v) is 6.36. The monoisotopic (exact) mass is 266 g/mol. The molecule has 1 N–H and O–H groups in total. The molecule has 1 unspecified atom stereocenters. The average Bonchev–Trinajstić information content (AvgIpc) is 2.71. The van der Waals surface area contributed by atoms with Crippen LogP contribution in [0.25, 0.3) is 11.0 Å². The molecule has 1 aromatic heterocycles. The number of rotatable bonds is 5. The highest BCUT2D eigenvalue weighted by Crippen LogP contribution is 2.27. The van der Waals surface area contributed by atoms with Crippen molar-refractivity contribution >= 4 is 23.3 Å².